The van der Waals surface area contributed by atoms with Crippen LogP contribution in [0.5, 0.6) is 0 Å². The van der Waals surface area contributed by atoms with Crippen LogP contribution in [-0.2, 0) is 4.79 Å². The first-order valence-corrected chi connectivity index (χ1v) is 7.72. The van der Waals surface area contributed by atoms with E-state index < -0.39 is 5.60 Å². The number of likely N-dealkylation sites (N-methyl/N-ethyl adjacent to an activating group) is 1. The fourth-order valence-electron chi connectivity index (χ4n) is 2.92. The van der Waals surface area contributed by atoms with Crippen LogP contribution in [0.2, 0.25) is 0 Å². The van der Waals surface area contributed by atoms with Crippen molar-refractivity contribution in [1.82, 2.24) is 4.90 Å². The molecule has 1 aliphatic carbocycles. The molecule has 0 radical (unpaired) electrons. The maximum absolute atomic E-state index is 11.9. The number of hydrogen-bond donors (Lipinski definition) is 2. The molecule has 1 fully saturated rings. The molecule has 0 heterocycles. The number of amides is 1. The average Bonchev–Trinajstić information content (AvgIpc) is 2.92. The minimum atomic E-state index is -0.571. The van der Waals surface area contributed by atoms with Gasteiger partial charge in [-0.3, -0.25) is 4.79 Å². The summed E-state index contributed by atoms with van der Waals surface area (Å²) >= 11 is 0. The number of carbonyl (C=O) groups is 1. The fraction of sp³-hybridized carbons (Fsp3) is 0.529. The summed E-state index contributed by atoms with van der Waals surface area (Å²) < 4.78 is 0. The number of hydrogen-bond acceptors (Lipinski definition) is 4. The number of anilines is 1. The van der Waals surface area contributed by atoms with Crippen LogP contribution >= 0.6 is 0 Å². The Kier molecular flexibility index (Phi) is 5.53. The third-order valence-corrected chi connectivity index (χ3v) is 4.12. The van der Waals surface area contributed by atoms with Crippen molar-refractivity contribution >= 4 is 11.6 Å². The van der Waals surface area contributed by atoms with Crippen LogP contribution in [0.15, 0.2) is 24.3 Å². The molecule has 1 saturated carbocycles. The van der Waals surface area contributed by atoms with Gasteiger partial charge in [0.2, 0.25) is 5.91 Å². The summed E-state index contributed by atoms with van der Waals surface area (Å²) in [6.45, 7) is 1.24. The molecule has 2 rings (SSSR count). The van der Waals surface area contributed by atoms with Gasteiger partial charge in [-0.2, -0.15) is 5.26 Å². The monoisotopic (exact) mass is 301 g/mol. The van der Waals surface area contributed by atoms with Crippen molar-refractivity contribution in [3.05, 3.63) is 29.8 Å². The Morgan fingerprint density at radius 2 is 2.00 bits per heavy atom. The van der Waals surface area contributed by atoms with Gasteiger partial charge in [0.25, 0.3) is 0 Å². The fourth-order valence-corrected chi connectivity index (χ4v) is 2.92. The minimum Gasteiger partial charge on any atom is -0.389 e. The van der Waals surface area contributed by atoms with Crippen molar-refractivity contribution in [3.8, 4) is 6.07 Å². The second-order valence-electron chi connectivity index (χ2n) is 6.16. The summed E-state index contributed by atoms with van der Waals surface area (Å²) in [5.41, 5.74) is 0.696. The topological polar surface area (TPSA) is 76.4 Å². The zero-order valence-corrected chi connectivity index (χ0v) is 13.0. The first-order valence-electron chi connectivity index (χ1n) is 7.72. The Balaban J connectivity index is 1.73. The second-order valence-corrected chi connectivity index (χ2v) is 6.16. The number of nitrogens with zero attached hydrogens (tertiary/aromatic N) is 2. The van der Waals surface area contributed by atoms with E-state index in [4.69, 9.17) is 5.26 Å². The molecule has 5 heteroatoms. The van der Waals surface area contributed by atoms with Crippen molar-refractivity contribution in [2.24, 2.45) is 0 Å². The number of nitriles is 1. The van der Waals surface area contributed by atoms with Crippen LogP contribution in [0.1, 0.15) is 37.7 Å². The molecule has 2 N–H and O–H groups in total. The molecule has 22 heavy (non-hydrogen) atoms. The Morgan fingerprint density at radius 3 is 2.59 bits per heavy atom. The molecule has 0 saturated heterocycles. The third-order valence-electron chi connectivity index (χ3n) is 4.12. The van der Waals surface area contributed by atoms with E-state index in [9.17, 15) is 9.90 Å². The summed E-state index contributed by atoms with van der Waals surface area (Å²) in [6.07, 6.45) is 4.27. The Bertz CT molecular complexity index is 542. The Hall–Kier alpha value is -1.90. The highest BCUT2D eigenvalue weighted by Gasteiger charge is 2.32. The largest absolute Gasteiger partial charge is 0.389 e. The van der Waals surface area contributed by atoms with E-state index in [1.807, 2.05) is 18.0 Å². The Labute approximate surface area is 131 Å². The van der Waals surface area contributed by atoms with Crippen LogP contribution in [0.25, 0.3) is 0 Å². The second kappa shape index (κ2) is 7.39. The molecular weight excluding hydrogens is 278 g/mol. The maximum Gasteiger partial charge on any atom is 0.225 e. The molecule has 118 valence electrons. The quantitative estimate of drug-likeness (QED) is 0.844. The smallest absolute Gasteiger partial charge is 0.225 e. The van der Waals surface area contributed by atoms with Gasteiger partial charge < -0.3 is 15.3 Å². The van der Waals surface area contributed by atoms with Gasteiger partial charge in [0.05, 0.1) is 17.2 Å². The highest BCUT2D eigenvalue weighted by Crippen LogP contribution is 2.29. The van der Waals surface area contributed by atoms with Crippen LogP contribution in [0.4, 0.5) is 5.69 Å². The summed E-state index contributed by atoms with van der Waals surface area (Å²) in [5, 5.41) is 21.9. The lowest BCUT2D eigenvalue weighted by atomic mass is 10.0. The highest BCUT2D eigenvalue weighted by molar-refractivity contribution is 5.90. The SMILES string of the molecule is CN(CCC(=O)Nc1ccc(C#N)cc1)CC1(O)CCCC1. The third kappa shape index (κ3) is 4.83. The summed E-state index contributed by atoms with van der Waals surface area (Å²) in [4.78, 5) is 13.9. The van der Waals surface area contributed by atoms with E-state index in [-0.39, 0.29) is 5.91 Å². The van der Waals surface area contributed by atoms with Crippen molar-refractivity contribution in [2.75, 3.05) is 25.5 Å². The zero-order valence-electron chi connectivity index (χ0n) is 13.0. The summed E-state index contributed by atoms with van der Waals surface area (Å²) in [7, 11) is 1.94. The van der Waals surface area contributed by atoms with E-state index >= 15 is 0 Å². The summed E-state index contributed by atoms with van der Waals surface area (Å²) in [6, 6.07) is 8.85. The number of carbonyl (C=O) groups excluding carboxylic acids is 1. The standard InChI is InChI=1S/C17H23N3O2/c1-20(13-17(22)9-2-3-10-17)11-8-16(21)19-15-6-4-14(12-18)5-7-15/h4-7,22H,2-3,8-11,13H2,1H3,(H,19,21). The lowest BCUT2D eigenvalue weighted by molar-refractivity contribution is -0.116. The van der Waals surface area contributed by atoms with Crippen molar-refractivity contribution in [2.45, 2.75) is 37.7 Å². The minimum absolute atomic E-state index is 0.0602. The predicted molar refractivity (Wildman–Crippen MR) is 85.3 cm³/mol. The van der Waals surface area contributed by atoms with Crippen molar-refractivity contribution < 1.29 is 9.90 Å². The number of nitrogens with one attached hydrogen (secondary N) is 1. The summed E-state index contributed by atoms with van der Waals surface area (Å²) in [5.74, 6) is -0.0602. The molecule has 0 spiro atoms. The van der Waals surface area contributed by atoms with Gasteiger partial charge >= 0.3 is 0 Å². The first-order chi connectivity index (χ1) is 10.5. The van der Waals surface area contributed by atoms with E-state index in [0.717, 1.165) is 25.7 Å². The Morgan fingerprint density at radius 1 is 1.36 bits per heavy atom. The molecule has 0 atom stereocenters. The normalized spacial score (nSPS) is 16.5. The van der Waals surface area contributed by atoms with Gasteiger partial charge in [-0.05, 0) is 44.2 Å². The van der Waals surface area contributed by atoms with E-state index in [2.05, 4.69) is 5.32 Å². The van der Waals surface area contributed by atoms with Crippen LogP contribution in [0.3, 0.4) is 0 Å². The molecule has 0 bridgehead atoms. The van der Waals surface area contributed by atoms with E-state index in [0.29, 0.717) is 30.8 Å². The molecule has 1 amide bonds. The number of rotatable bonds is 6. The lowest BCUT2D eigenvalue weighted by Gasteiger charge is -2.28. The molecule has 0 unspecified atom stereocenters. The maximum atomic E-state index is 11.9. The van der Waals surface area contributed by atoms with Gasteiger partial charge in [0.15, 0.2) is 0 Å². The van der Waals surface area contributed by atoms with Crippen molar-refractivity contribution in [1.29, 1.82) is 5.26 Å². The first kappa shape index (κ1) is 16.5. The molecule has 5 nitrogen and oxygen atoms in total. The van der Waals surface area contributed by atoms with Crippen LogP contribution in [-0.4, -0.2) is 41.7 Å². The number of aliphatic hydroxyl groups is 1. The van der Waals surface area contributed by atoms with Crippen LogP contribution in [0, 0.1) is 11.3 Å². The lowest BCUT2D eigenvalue weighted by Crippen LogP contribution is -2.40. The molecule has 1 aromatic carbocycles. The van der Waals surface area contributed by atoms with Crippen LogP contribution < -0.4 is 5.32 Å². The highest BCUT2D eigenvalue weighted by atomic mass is 16.3. The van der Waals surface area contributed by atoms with Crippen molar-refractivity contribution in [3.63, 3.8) is 0 Å². The molecule has 1 aromatic rings. The van der Waals surface area contributed by atoms with Gasteiger partial charge in [-0.1, -0.05) is 12.8 Å². The van der Waals surface area contributed by atoms with E-state index in [1.54, 1.807) is 24.3 Å². The van der Waals surface area contributed by atoms with Gasteiger partial charge in [0.1, 0.15) is 0 Å². The molecule has 1 aliphatic rings. The average molecular weight is 301 g/mol. The zero-order chi connectivity index (χ0) is 16.0. The van der Waals surface area contributed by atoms with Gasteiger partial charge in [-0.25, -0.2) is 0 Å². The van der Waals surface area contributed by atoms with Gasteiger partial charge in [-0.15, -0.1) is 0 Å². The number of benzene rings is 1. The predicted octanol–water partition coefficient (Wildman–Crippen LogP) is 2.12. The van der Waals surface area contributed by atoms with Gasteiger partial charge in [0, 0.05) is 25.2 Å². The molecular formula is C17H23N3O2. The molecule has 0 aliphatic heterocycles. The molecule has 0 aromatic heterocycles. The van der Waals surface area contributed by atoms with E-state index in [1.165, 1.54) is 0 Å².